The van der Waals surface area contributed by atoms with Crippen LogP contribution in [0.2, 0.25) is 0 Å². The molecule has 2 fully saturated rings. The topological polar surface area (TPSA) is 104 Å². The Labute approximate surface area is 228 Å². The van der Waals surface area contributed by atoms with Gasteiger partial charge in [-0.2, -0.15) is 5.10 Å². The van der Waals surface area contributed by atoms with E-state index in [0.717, 1.165) is 100 Å². The second kappa shape index (κ2) is 13.2. The van der Waals surface area contributed by atoms with Crippen molar-refractivity contribution in [1.82, 2.24) is 30.1 Å². The van der Waals surface area contributed by atoms with Gasteiger partial charge in [0.25, 0.3) is 0 Å². The SMILES string of the molecule is CCCNC(CC(C)NCC(C)CC)C(=O)N1CCCCC1c1cc2nc(N3CCC(N)C3)c(C)cn2n1. The molecule has 4 rings (SSSR count). The number of carbonyl (C=O) groups is 1. The van der Waals surface area contributed by atoms with E-state index in [0.29, 0.717) is 5.92 Å². The minimum atomic E-state index is -0.196. The van der Waals surface area contributed by atoms with Crippen LogP contribution in [0.3, 0.4) is 0 Å². The van der Waals surface area contributed by atoms with E-state index in [4.69, 9.17) is 15.8 Å². The Morgan fingerprint density at radius 3 is 2.71 bits per heavy atom. The second-order valence-electron chi connectivity index (χ2n) is 11.7. The van der Waals surface area contributed by atoms with Crippen molar-refractivity contribution in [3.63, 3.8) is 0 Å². The Bertz CT molecular complexity index is 1050. The first kappa shape index (κ1) is 28.8. The molecule has 9 heteroatoms. The van der Waals surface area contributed by atoms with Gasteiger partial charge in [-0.1, -0.05) is 27.2 Å². The van der Waals surface area contributed by atoms with E-state index in [-0.39, 0.29) is 30.1 Å². The molecule has 212 valence electrons. The molecule has 0 saturated carbocycles. The van der Waals surface area contributed by atoms with E-state index in [1.54, 1.807) is 0 Å². The highest BCUT2D eigenvalue weighted by molar-refractivity contribution is 5.82. The molecule has 9 nitrogen and oxygen atoms in total. The number of nitrogens with one attached hydrogen (secondary N) is 2. The molecular formula is C29H50N8O. The summed E-state index contributed by atoms with van der Waals surface area (Å²) in [6, 6.07) is 2.34. The Kier molecular flexibility index (Phi) is 10.0. The van der Waals surface area contributed by atoms with Crippen LogP contribution in [0.4, 0.5) is 5.82 Å². The van der Waals surface area contributed by atoms with Crippen molar-refractivity contribution in [2.75, 3.05) is 37.6 Å². The lowest BCUT2D eigenvalue weighted by Gasteiger charge is -2.37. The third-order valence-electron chi connectivity index (χ3n) is 8.32. The molecule has 0 aliphatic carbocycles. The normalized spacial score (nSPS) is 22.7. The first-order valence-electron chi connectivity index (χ1n) is 14.9. The van der Waals surface area contributed by atoms with Crippen molar-refractivity contribution < 1.29 is 4.79 Å². The maximum absolute atomic E-state index is 14.0. The van der Waals surface area contributed by atoms with Crippen molar-refractivity contribution >= 4 is 17.4 Å². The van der Waals surface area contributed by atoms with Crippen molar-refractivity contribution in [2.45, 2.75) is 104 Å². The summed E-state index contributed by atoms with van der Waals surface area (Å²) in [5.41, 5.74) is 9.03. The summed E-state index contributed by atoms with van der Waals surface area (Å²) in [6.45, 7) is 15.3. The summed E-state index contributed by atoms with van der Waals surface area (Å²) >= 11 is 0. The highest BCUT2D eigenvalue weighted by atomic mass is 16.2. The van der Waals surface area contributed by atoms with Crippen LogP contribution in [0, 0.1) is 12.8 Å². The molecule has 4 heterocycles. The molecule has 2 aliphatic heterocycles. The standard InChI is InChI=1S/C29H50N8O/c1-6-12-31-25(15-22(5)32-17-20(3)7-2)29(38)36-13-9-8-10-26(36)24-16-27-33-28(21(4)18-37(27)34-24)35-14-11-23(30)19-35/h16,18,20,22-23,25-26,31-32H,6-15,17,19,30H2,1-5H3. The van der Waals surface area contributed by atoms with Gasteiger partial charge in [-0.15, -0.1) is 0 Å². The van der Waals surface area contributed by atoms with Gasteiger partial charge in [0.2, 0.25) is 5.91 Å². The highest BCUT2D eigenvalue weighted by Crippen LogP contribution is 2.32. The zero-order valence-corrected chi connectivity index (χ0v) is 24.2. The monoisotopic (exact) mass is 526 g/mol. The van der Waals surface area contributed by atoms with Crippen LogP contribution >= 0.6 is 0 Å². The molecule has 5 unspecified atom stereocenters. The second-order valence-corrected chi connectivity index (χ2v) is 11.7. The van der Waals surface area contributed by atoms with Gasteiger partial charge in [0, 0.05) is 49.5 Å². The molecule has 2 aromatic rings. The van der Waals surface area contributed by atoms with Gasteiger partial charge in [-0.3, -0.25) is 4.79 Å². The van der Waals surface area contributed by atoms with Gasteiger partial charge in [-0.05, 0) is 71.4 Å². The molecule has 0 aromatic carbocycles. The highest BCUT2D eigenvalue weighted by Gasteiger charge is 2.34. The summed E-state index contributed by atoms with van der Waals surface area (Å²) in [4.78, 5) is 23.4. The number of hydrogen-bond donors (Lipinski definition) is 3. The molecule has 2 saturated heterocycles. The third kappa shape index (κ3) is 6.85. The molecule has 2 aromatic heterocycles. The lowest BCUT2D eigenvalue weighted by molar-refractivity contribution is -0.137. The molecule has 0 bridgehead atoms. The number of anilines is 1. The summed E-state index contributed by atoms with van der Waals surface area (Å²) < 4.78 is 1.88. The van der Waals surface area contributed by atoms with E-state index in [1.165, 1.54) is 0 Å². The van der Waals surface area contributed by atoms with Crippen LogP contribution in [0.15, 0.2) is 12.3 Å². The summed E-state index contributed by atoms with van der Waals surface area (Å²) in [6.07, 6.45) is 9.08. The minimum Gasteiger partial charge on any atom is -0.355 e. The number of piperidine rings is 1. The van der Waals surface area contributed by atoms with Crippen molar-refractivity contribution in [1.29, 1.82) is 0 Å². The number of nitrogens with two attached hydrogens (primary N) is 1. The van der Waals surface area contributed by atoms with Crippen molar-refractivity contribution in [2.24, 2.45) is 11.7 Å². The van der Waals surface area contributed by atoms with Crippen LogP contribution in [-0.4, -0.2) is 76.3 Å². The maximum atomic E-state index is 14.0. The van der Waals surface area contributed by atoms with Gasteiger partial charge < -0.3 is 26.2 Å². The smallest absolute Gasteiger partial charge is 0.240 e. The van der Waals surface area contributed by atoms with Gasteiger partial charge in [-0.25, -0.2) is 9.50 Å². The molecule has 0 spiro atoms. The van der Waals surface area contributed by atoms with Crippen molar-refractivity contribution in [3.05, 3.63) is 23.5 Å². The molecule has 1 amide bonds. The molecule has 2 aliphatic rings. The average molecular weight is 527 g/mol. The van der Waals surface area contributed by atoms with Crippen LogP contribution in [0.25, 0.3) is 5.65 Å². The van der Waals surface area contributed by atoms with Gasteiger partial charge in [0.15, 0.2) is 5.65 Å². The summed E-state index contributed by atoms with van der Waals surface area (Å²) in [5, 5.41) is 12.1. The van der Waals surface area contributed by atoms with Crippen LogP contribution in [-0.2, 0) is 4.79 Å². The molecule has 38 heavy (non-hydrogen) atoms. The third-order valence-corrected chi connectivity index (χ3v) is 8.32. The number of fused-ring (bicyclic) bond motifs is 1. The zero-order chi connectivity index (χ0) is 27.2. The number of aryl methyl sites for hydroxylation is 1. The Balaban J connectivity index is 1.53. The van der Waals surface area contributed by atoms with Gasteiger partial charge in [0.1, 0.15) is 5.82 Å². The Morgan fingerprint density at radius 1 is 1.18 bits per heavy atom. The minimum absolute atomic E-state index is 0.0174. The van der Waals surface area contributed by atoms with Gasteiger partial charge >= 0.3 is 0 Å². The van der Waals surface area contributed by atoms with Gasteiger partial charge in [0.05, 0.1) is 17.8 Å². The first-order valence-corrected chi connectivity index (χ1v) is 14.9. The van der Waals surface area contributed by atoms with Crippen LogP contribution < -0.4 is 21.3 Å². The predicted molar refractivity (Wildman–Crippen MR) is 154 cm³/mol. The summed E-state index contributed by atoms with van der Waals surface area (Å²) in [7, 11) is 0. The number of aromatic nitrogens is 3. The molecular weight excluding hydrogens is 476 g/mol. The van der Waals surface area contributed by atoms with E-state index < -0.39 is 0 Å². The number of hydrogen-bond acceptors (Lipinski definition) is 7. The Morgan fingerprint density at radius 2 is 2.00 bits per heavy atom. The number of rotatable bonds is 12. The number of likely N-dealkylation sites (tertiary alicyclic amines) is 1. The van der Waals surface area contributed by atoms with Crippen molar-refractivity contribution in [3.8, 4) is 0 Å². The number of nitrogens with zero attached hydrogens (tertiary/aromatic N) is 5. The fraction of sp³-hybridized carbons (Fsp3) is 0.759. The Hall–Kier alpha value is -2.23. The lowest BCUT2D eigenvalue weighted by Crippen LogP contribution is -2.51. The van der Waals surface area contributed by atoms with Crippen LogP contribution in [0.1, 0.15) is 89.9 Å². The fourth-order valence-electron chi connectivity index (χ4n) is 5.76. The molecule has 4 N–H and O–H groups in total. The number of carbonyl (C=O) groups excluding carboxylic acids is 1. The van der Waals surface area contributed by atoms with E-state index in [9.17, 15) is 4.79 Å². The van der Waals surface area contributed by atoms with E-state index >= 15 is 0 Å². The number of amides is 1. The summed E-state index contributed by atoms with van der Waals surface area (Å²) in [5.74, 6) is 1.83. The predicted octanol–water partition coefficient (Wildman–Crippen LogP) is 3.41. The first-order chi connectivity index (χ1) is 18.3. The largest absolute Gasteiger partial charge is 0.355 e. The van der Waals surface area contributed by atoms with Crippen LogP contribution in [0.5, 0.6) is 0 Å². The van der Waals surface area contributed by atoms with E-state index in [2.05, 4.69) is 67.3 Å². The zero-order valence-electron chi connectivity index (χ0n) is 24.2. The van der Waals surface area contributed by atoms with E-state index in [1.807, 2.05) is 4.52 Å². The molecule has 0 radical (unpaired) electrons. The average Bonchev–Trinajstić information content (AvgIpc) is 3.54. The maximum Gasteiger partial charge on any atom is 0.240 e. The quantitative estimate of drug-likeness (QED) is 0.389. The lowest BCUT2D eigenvalue weighted by atomic mass is 9.97. The fourth-order valence-corrected chi connectivity index (χ4v) is 5.76. The molecule has 5 atom stereocenters.